The third kappa shape index (κ3) is 3.15. The molecule has 2 nitrogen and oxygen atoms in total. The molecule has 1 atom stereocenters. The fraction of sp³-hybridized carbons (Fsp3) is 0.455. The van der Waals surface area contributed by atoms with E-state index in [1.807, 2.05) is 24.3 Å². The predicted octanol–water partition coefficient (Wildman–Crippen LogP) is 5.88. The maximum absolute atomic E-state index is 10.7. The van der Waals surface area contributed by atoms with Crippen LogP contribution in [0.2, 0.25) is 0 Å². The molecule has 2 heteroatoms. The molecule has 0 amide bonds. The third-order valence-electron chi connectivity index (χ3n) is 5.47. The number of benzene rings is 2. The predicted molar refractivity (Wildman–Crippen MR) is 101 cm³/mol. The van der Waals surface area contributed by atoms with Gasteiger partial charge >= 0.3 is 0 Å². The Labute approximate surface area is 144 Å². The summed E-state index contributed by atoms with van der Waals surface area (Å²) in [4.78, 5) is 0. The molecule has 2 aromatic rings. The van der Waals surface area contributed by atoms with Gasteiger partial charge in [0.25, 0.3) is 0 Å². The Balaban J connectivity index is 1.88. The third-order valence-corrected chi connectivity index (χ3v) is 5.47. The van der Waals surface area contributed by atoms with Crippen LogP contribution in [0.4, 0.5) is 0 Å². The monoisotopic (exact) mass is 324 g/mol. The van der Waals surface area contributed by atoms with Crippen molar-refractivity contribution in [3.63, 3.8) is 0 Å². The van der Waals surface area contributed by atoms with E-state index in [9.17, 15) is 10.2 Å². The van der Waals surface area contributed by atoms with Gasteiger partial charge in [0, 0.05) is 21.9 Å². The first-order chi connectivity index (χ1) is 11.7. The van der Waals surface area contributed by atoms with Crippen molar-refractivity contribution in [3.8, 4) is 11.5 Å². The van der Waals surface area contributed by atoms with Crippen molar-refractivity contribution in [2.24, 2.45) is 5.92 Å². The summed E-state index contributed by atoms with van der Waals surface area (Å²) in [7, 11) is 0. The quantitative estimate of drug-likeness (QED) is 0.514. The lowest BCUT2D eigenvalue weighted by Gasteiger charge is -2.24. The summed E-state index contributed by atoms with van der Waals surface area (Å²) >= 11 is 0. The molecule has 128 valence electrons. The van der Waals surface area contributed by atoms with Crippen LogP contribution in [0.5, 0.6) is 11.5 Å². The Kier molecular flexibility index (Phi) is 5.13. The van der Waals surface area contributed by atoms with Gasteiger partial charge in [-0.2, -0.15) is 0 Å². The summed E-state index contributed by atoms with van der Waals surface area (Å²) in [6, 6.07) is 7.57. The molecule has 0 fully saturated rings. The molecule has 2 aromatic carbocycles. The van der Waals surface area contributed by atoms with E-state index < -0.39 is 0 Å². The normalized spacial score (nSPS) is 15.2. The van der Waals surface area contributed by atoms with E-state index in [1.54, 1.807) is 0 Å². The van der Waals surface area contributed by atoms with Crippen LogP contribution in [0, 0.1) is 5.92 Å². The van der Waals surface area contributed by atoms with Gasteiger partial charge in [0.2, 0.25) is 0 Å². The minimum atomic E-state index is 0.340. The van der Waals surface area contributed by atoms with Crippen LogP contribution >= 0.6 is 0 Å². The highest BCUT2D eigenvalue weighted by molar-refractivity contribution is 5.95. The molecular formula is C22H28O2. The Morgan fingerprint density at radius 2 is 1.67 bits per heavy atom. The van der Waals surface area contributed by atoms with Crippen LogP contribution in [-0.4, -0.2) is 10.2 Å². The van der Waals surface area contributed by atoms with E-state index >= 15 is 0 Å². The Morgan fingerprint density at radius 1 is 1.00 bits per heavy atom. The lowest BCUT2D eigenvalue weighted by atomic mass is 9.82. The summed E-state index contributed by atoms with van der Waals surface area (Å²) in [5, 5.41) is 22.8. The second-order valence-electron chi connectivity index (χ2n) is 7.06. The zero-order valence-corrected chi connectivity index (χ0v) is 14.8. The van der Waals surface area contributed by atoms with Crippen LogP contribution in [0.15, 0.2) is 35.9 Å². The maximum Gasteiger partial charge on any atom is 0.127 e. The van der Waals surface area contributed by atoms with Crippen LogP contribution < -0.4 is 0 Å². The number of fused-ring (bicyclic) bond motifs is 2. The highest BCUT2D eigenvalue weighted by Gasteiger charge is 2.22. The molecule has 0 bridgehead atoms. The Morgan fingerprint density at radius 3 is 2.29 bits per heavy atom. The number of hydrogen-bond acceptors (Lipinski definition) is 2. The molecule has 0 aromatic heterocycles. The smallest absolute Gasteiger partial charge is 0.127 e. The van der Waals surface area contributed by atoms with Crippen LogP contribution in [0.25, 0.3) is 10.8 Å². The molecule has 0 spiro atoms. The van der Waals surface area contributed by atoms with Crippen molar-refractivity contribution < 1.29 is 10.2 Å². The van der Waals surface area contributed by atoms with Gasteiger partial charge in [0.15, 0.2) is 0 Å². The zero-order valence-electron chi connectivity index (χ0n) is 14.8. The van der Waals surface area contributed by atoms with Crippen LogP contribution in [0.1, 0.15) is 57.1 Å². The van der Waals surface area contributed by atoms with Crippen molar-refractivity contribution in [1.29, 1.82) is 0 Å². The number of allylic oxidation sites excluding steroid dienone is 2. The molecule has 0 radical (unpaired) electrons. The number of rotatable bonds is 6. The average Bonchev–Trinajstić information content (AvgIpc) is 2.63. The van der Waals surface area contributed by atoms with E-state index in [1.165, 1.54) is 31.3 Å². The first-order valence-electron chi connectivity index (χ1n) is 9.27. The second-order valence-corrected chi connectivity index (χ2v) is 7.06. The van der Waals surface area contributed by atoms with E-state index in [4.69, 9.17) is 0 Å². The summed E-state index contributed by atoms with van der Waals surface area (Å²) in [5.74, 6) is 1.42. The van der Waals surface area contributed by atoms with Crippen molar-refractivity contribution in [1.82, 2.24) is 0 Å². The topological polar surface area (TPSA) is 40.5 Å². The summed E-state index contributed by atoms with van der Waals surface area (Å²) in [5.41, 5.74) is 3.24. The molecule has 1 aliphatic carbocycles. The molecule has 3 rings (SSSR count). The lowest BCUT2D eigenvalue weighted by molar-refractivity contribution is 0.438. The van der Waals surface area contributed by atoms with Gasteiger partial charge in [-0.05, 0) is 25.2 Å². The van der Waals surface area contributed by atoms with Crippen LogP contribution in [-0.2, 0) is 12.8 Å². The Bertz CT molecular complexity index is 758. The second kappa shape index (κ2) is 7.29. The standard InChI is InChI=1S/C22H28O2/c1-3-5-8-15(4-2)13-16-11-12-19-20(14-16)22(24)18-10-7-6-9-17(18)21(19)23/h6-7,9-11,15,23-24H,3-5,8,12-14H2,1-2H3. The molecule has 0 heterocycles. The molecule has 0 saturated heterocycles. The van der Waals surface area contributed by atoms with Crippen LogP contribution in [0.3, 0.4) is 0 Å². The zero-order chi connectivity index (χ0) is 17.1. The molecule has 1 aliphatic rings. The first-order valence-corrected chi connectivity index (χ1v) is 9.27. The van der Waals surface area contributed by atoms with E-state index in [0.717, 1.165) is 47.1 Å². The van der Waals surface area contributed by atoms with Crippen molar-refractivity contribution >= 4 is 10.8 Å². The van der Waals surface area contributed by atoms with Crippen molar-refractivity contribution in [2.45, 2.75) is 58.8 Å². The highest BCUT2D eigenvalue weighted by atomic mass is 16.3. The van der Waals surface area contributed by atoms with Crippen molar-refractivity contribution in [3.05, 3.63) is 47.0 Å². The fourth-order valence-corrected chi connectivity index (χ4v) is 3.93. The van der Waals surface area contributed by atoms with E-state index in [0.29, 0.717) is 11.5 Å². The summed E-state index contributed by atoms with van der Waals surface area (Å²) < 4.78 is 0. The fourth-order valence-electron chi connectivity index (χ4n) is 3.93. The molecule has 0 saturated carbocycles. The number of unbranched alkanes of at least 4 members (excludes halogenated alkanes) is 1. The number of phenols is 2. The van der Waals surface area contributed by atoms with E-state index in [2.05, 4.69) is 19.9 Å². The van der Waals surface area contributed by atoms with Gasteiger partial charge in [-0.1, -0.05) is 75.4 Å². The summed E-state index contributed by atoms with van der Waals surface area (Å²) in [6.45, 7) is 4.52. The summed E-state index contributed by atoms with van der Waals surface area (Å²) in [6.07, 6.45) is 9.90. The minimum Gasteiger partial charge on any atom is -0.507 e. The lowest BCUT2D eigenvalue weighted by Crippen LogP contribution is -2.09. The van der Waals surface area contributed by atoms with Gasteiger partial charge in [-0.15, -0.1) is 0 Å². The van der Waals surface area contributed by atoms with Crippen molar-refractivity contribution in [2.75, 3.05) is 0 Å². The first kappa shape index (κ1) is 16.9. The SMILES string of the molecule is CCCCC(CC)CC1=CCc2c(c(O)c3ccccc3c2O)C1. The van der Waals surface area contributed by atoms with Gasteiger partial charge in [-0.25, -0.2) is 0 Å². The largest absolute Gasteiger partial charge is 0.507 e. The van der Waals surface area contributed by atoms with Gasteiger partial charge < -0.3 is 10.2 Å². The number of hydrogen-bond donors (Lipinski definition) is 2. The highest BCUT2D eigenvalue weighted by Crippen LogP contribution is 2.43. The molecule has 2 N–H and O–H groups in total. The molecular weight excluding hydrogens is 296 g/mol. The number of aromatic hydroxyl groups is 2. The molecule has 24 heavy (non-hydrogen) atoms. The molecule has 0 aliphatic heterocycles. The average molecular weight is 324 g/mol. The maximum atomic E-state index is 10.7. The van der Waals surface area contributed by atoms with Gasteiger partial charge in [0.05, 0.1) is 0 Å². The van der Waals surface area contributed by atoms with Gasteiger partial charge in [0.1, 0.15) is 11.5 Å². The minimum absolute atomic E-state index is 0.340. The molecule has 1 unspecified atom stereocenters. The number of phenolic OH excluding ortho intramolecular Hbond substituents is 2. The Hall–Kier alpha value is -1.96. The van der Waals surface area contributed by atoms with E-state index in [-0.39, 0.29) is 0 Å². The van der Waals surface area contributed by atoms with Gasteiger partial charge in [-0.3, -0.25) is 0 Å².